The van der Waals surface area contributed by atoms with Crippen molar-refractivity contribution in [1.29, 1.82) is 0 Å². The first-order valence-electron chi connectivity index (χ1n) is 9.30. The van der Waals surface area contributed by atoms with Gasteiger partial charge in [-0.2, -0.15) is 0 Å². The van der Waals surface area contributed by atoms with Crippen molar-refractivity contribution in [2.24, 2.45) is 0 Å². The molecule has 1 heterocycles. The molecule has 0 spiro atoms. The first kappa shape index (κ1) is 20.3. The van der Waals surface area contributed by atoms with E-state index in [0.717, 1.165) is 5.56 Å². The Balaban J connectivity index is 1.94. The van der Waals surface area contributed by atoms with Crippen molar-refractivity contribution in [1.82, 2.24) is 10.6 Å². The third-order valence-electron chi connectivity index (χ3n) is 4.56. The first-order chi connectivity index (χ1) is 14.1. The highest BCUT2D eigenvalue weighted by molar-refractivity contribution is 6.05. The number of ether oxygens (including phenoxy) is 1. The highest BCUT2D eigenvalue weighted by Crippen LogP contribution is 2.23. The predicted molar refractivity (Wildman–Crippen MR) is 110 cm³/mol. The van der Waals surface area contributed by atoms with Crippen molar-refractivity contribution in [3.63, 3.8) is 0 Å². The van der Waals surface area contributed by atoms with Crippen molar-refractivity contribution in [2.45, 2.75) is 6.04 Å². The van der Waals surface area contributed by atoms with Crippen LogP contribution in [0.25, 0.3) is 6.08 Å². The van der Waals surface area contributed by atoms with Crippen molar-refractivity contribution < 1.29 is 19.1 Å². The minimum absolute atomic E-state index is 0.224. The molecule has 0 radical (unpaired) electrons. The van der Waals surface area contributed by atoms with E-state index in [1.165, 1.54) is 12.0 Å². The van der Waals surface area contributed by atoms with Crippen LogP contribution in [0.2, 0.25) is 0 Å². The molecule has 0 aliphatic carbocycles. The maximum absolute atomic E-state index is 13.4. The molecule has 1 atom stereocenters. The van der Waals surface area contributed by atoms with Gasteiger partial charge in [-0.1, -0.05) is 48.6 Å². The lowest BCUT2D eigenvalue weighted by atomic mass is 10.1. The first-order valence-corrected chi connectivity index (χ1v) is 9.30. The van der Waals surface area contributed by atoms with E-state index in [4.69, 9.17) is 4.74 Å². The average molecular weight is 393 g/mol. The van der Waals surface area contributed by atoms with Gasteiger partial charge in [0.1, 0.15) is 12.6 Å². The van der Waals surface area contributed by atoms with Crippen LogP contribution in [0.1, 0.15) is 15.9 Å². The van der Waals surface area contributed by atoms with E-state index in [9.17, 15) is 14.4 Å². The van der Waals surface area contributed by atoms with E-state index >= 15 is 0 Å². The van der Waals surface area contributed by atoms with Crippen LogP contribution in [0.4, 0.5) is 5.69 Å². The van der Waals surface area contributed by atoms with Gasteiger partial charge in [-0.3, -0.25) is 19.3 Å². The number of carbonyl (C=O) groups excluding carboxylic acids is 3. The zero-order chi connectivity index (χ0) is 20.6. The minimum atomic E-state index is -0.855. The molecule has 1 aliphatic rings. The molecular formula is C22H23N3O4. The molecule has 2 aromatic carbocycles. The molecule has 2 amide bonds. The number of amides is 2. The average Bonchev–Trinajstić information content (AvgIpc) is 2.76. The zero-order valence-electron chi connectivity index (χ0n) is 16.1. The number of benzene rings is 2. The Bertz CT molecular complexity index is 911. The van der Waals surface area contributed by atoms with Crippen molar-refractivity contribution in [3.05, 3.63) is 71.8 Å². The van der Waals surface area contributed by atoms with Gasteiger partial charge in [0.15, 0.2) is 0 Å². The second kappa shape index (κ2) is 9.66. The minimum Gasteiger partial charge on any atom is -0.468 e. The molecule has 0 bridgehead atoms. The number of rotatable bonds is 4. The Labute approximate surface area is 169 Å². The number of nitrogens with zero attached hydrogens (tertiary/aromatic N) is 1. The summed E-state index contributed by atoms with van der Waals surface area (Å²) in [6.45, 7) is 0.510. The summed E-state index contributed by atoms with van der Waals surface area (Å²) in [5.74, 6) is -1.30. The summed E-state index contributed by atoms with van der Waals surface area (Å²) < 4.78 is 4.78. The van der Waals surface area contributed by atoms with Crippen molar-refractivity contribution >= 4 is 29.5 Å². The van der Waals surface area contributed by atoms with Gasteiger partial charge in [0.05, 0.1) is 12.8 Å². The number of methoxy groups -OCH3 is 1. The van der Waals surface area contributed by atoms with E-state index in [1.807, 2.05) is 30.4 Å². The normalized spacial score (nSPS) is 16.7. The highest BCUT2D eigenvalue weighted by atomic mass is 16.5. The predicted octanol–water partition coefficient (Wildman–Crippen LogP) is 1.61. The van der Waals surface area contributed by atoms with Gasteiger partial charge in [-0.25, -0.2) is 0 Å². The van der Waals surface area contributed by atoms with Crippen LogP contribution >= 0.6 is 0 Å². The van der Waals surface area contributed by atoms with Crippen molar-refractivity contribution in [2.75, 3.05) is 31.6 Å². The van der Waals surface area contributed by atoms with Crippen LogP contribution in [0, 0.1) is 0 Å². The quantitative estimate of drug-likeness (QED) is 0.771. The second-order valence-corrected chi connectivity index (χ2v) is 6.51. The van der Waals surface area contributed by atoms with E-state index in [-0.39, 0.29) is 19.0 Å². The maximum Gasteiger partial charge on any atom is 0.325 e. The van der Waals surface area contributed by atoms with Crippen LogP contribution in [0.3, 0.4) is 0 Å². The Kier molecular flexibility index (Phi) is 6.76. The number of carbonyl (C=O) groups is 3. The fraction of sp³-hybridized carbons (Fsp3) is 0.227. The summed E-state index contributed by atoms with van der Waals surface area (Å²) >= 11 is 0. The maximum atomic E-state index is 13.4. The number of para-hydroxylation sites is 1. The second-order valence-electron chi connectivity index (χ2n) is 6.51. The molecule has 7 heteroatoms. The van der Waals surface area contributed by atoms with Crippen LogP contribution < -0.4 is 15.5 Å². The van der Waals surface area contributed by atoms with E-state index in [2.05, 4.69) is 10.6 Å². The summed E-state index contributed by atoms with van der Waals surface area (Å²) in [6, 6.07) is 15.1. The molecule has 1 aliphatic heterocycles. The van der Waals surface area contributed by atoms with Gasteiger partial charge in [-0.15, -0.1) is 0 Å². The molecular weight excluding hydrogens is 370 g/mol. The molecule has 0 aromatic heterocycles. The summed E-state index contributed by atoms with van der Waals surface area (Å²) in [5, 5.41) is 5.93. The monoisotopic (exact) mass is 393 g/mol. The fourth-order valence-corrected chi connectivity index (χ4v) is 3.07. The molecule has 0 saturated heterocycles. The Morgan fingerprint density at radius 1 is 1.14 bits per heavy atom. The van der Waals surface area contributed by atoms with Crippen LogP contribution in [-0.2, 0) is 14.3 Å². The molecule has 0 unspecified atom stereocenters. The molecule has 2 N–H and O–H groups in total. The van der Waals surface area contributed by atoms with Gasteiger partial charge in [0.25, 0.3) is 11.8 Å². The van der Waals surface area contributed by atoms with Gasteiger partial charge in [0, 0.05) is 18.7 Å². The molecule has 150 valence electrons. The number of nitrogens with one attached hydrogen (secondary N) is 2. The van der Waals surface area contributed by atoms with Gasteiger partial charge < -0.3 is 15.4 Å². The lowest BCUT2D eigenvalue weighted by Gasteiger charge is -2.29. The number of esters is 1. The van der Waals surface area contributed by atoms with Crippen molar-refractivity contribution in [3.8, 4) is 0 Å². The number of fused-ring (bicyclic) bond motifs is 1. The fourth-order valence-electron chi connectivity index (χ4n) is 3.07. The lowest BCUT2D eigenvalue weighted by Crippen LogP contribution is -2.54. The molecule has 29 heavy (non-hydrogen) atoms. The Morgan fingerprint density at radius 2 is 1.86 bits per heavy atom. The summed E-state index contributed by atoms with van der Waals surface area (Å²) in [5.41, 5.74) is 1.83. The third-order valence-corrected chi connectivity index (χ3v) is 4.56. The van der Waals surface area contributed by atoms with Crippen LogP contribution in [0.5, 0.6) is 0 Å². The summed E-state index contributed by atoms with van der Waals surface area (Å²) in [7, 11) is 1.27. The number of hydrogen-bond acceptors (Lipinski definition) is 5. The SMILES string of the molecule is COC(=O)CN1C(=O)[C@@H](NC(=O)c2ccccc2)CNCC=Cc2ccccc21. The van der Waals surface area contributed by atoms with Crippen LogP contribution in [0.15, 0.2) is 60.7 Å². The molecule has 0 saturated carbocycles. The van der Waals surface area contributed by atoms with Gasteiger partial charge in [0.2, 0.25) is 0 Å². The van der Waals surface area contributed by atoms with E-state index < -0.39 is 17.9 Å². The molecule has 0 fully saturated rings. The summed E-state index contributed by atoms with van der Waals surface area (Å²) in [4.78, 5) is 39.4. The van der Waals surface area contributed by atoms with Gasteiger partial charge >= 0.3 is 5.97 Å². The largest absolute Gasteiger partial charge is 0.468 e. The van der Waals surface area contributed by atoms with E-state index in [0.29, 0.717) is 17.8 Å². The Morgan fingerprint density at radius 3 is 2.62 bits per heavy atom. The number of anilines is 1. The molecule has 3 rings (SSSR count). The van der Waals surface area contributed by atoms with Crippen LogP contribution in [-0.4, -0.2) is 50.6 Å². The zero-order valence-corrected chi connectivity index (χ0v) is 16.1. The topological polar surface area (TPSA) is 87.7 Å². The lowest BCUT2D eigenvalue weighted by molar-refractivity contribution is -0.140. The van der Waals surface area contributed by atoms with Gasteiger partial charge in [-0.05, 0) is 23.8 Å². The summed E-state index contributed by atoms with van der Waals surface area (Å²) in [6.07, 6.45) is 3.82. The third kappa shape index (κ3) is 5.08. The molecule has 2 aromatic rings. The number of hydrogen-bond donors (Lipinski definition) is 2. The highest BCUT2D eigenvalue weighted by Gasteiger charge is 2.30. The van der Waals surface area contributed by atoms with E-state index in [1.54, 1.807) is 36.4 Å². The molecule has 7 nitrogen and oxygen atoms in total. The smallest absolute Gasteiger partial charge is 0.325 e. The Hall–Kier alpha value is -3.45. The standard InChI is InChI=1S/C22H23N3O4/c1-29-20(26)15-25-19-12-6-5-8-16(19)11-7-13-23-14-18(22(25)28)24-21(27)17-9-3-2-4-10-17/h2-12,18,23H,13-15H2,1H3,(H,24,27)/t18-/m0/s1.